The van der Waals surface area contributed by atoms with Crippen LogP contribution in [0.25, 0.3) is 4.96 Å². The van der Waals surface area contributed by atoms with Crippen LogP contribution in [-0.4, -0.2) is 48.0 Å². The van der Waals surface area contributed by atoms with Crippen molar-refractivity contribution in [2.75, 3.05) is 14.2 Å². The Bertz CT molecular complexity index is 748. The molecule has 1 aliphatic carbocycles. The first-order chi connectivity index (χ1) is 11.6. The third kappa shape index (κ3) is 3.28. The number of nitrogens with two attached hydrogens (primary N) is 2. The topological polar surface area (TPSA) is 113 Å². The molecule has 0 aliphatic heterocycles. The first-order valence-corrected chi connectivity index (χ1v) is 8.65. The summed E-state index contributed by atoms with van der Waals surface area (Å²) in [5.41, 5.74) is 12.5. The molecule has 1 saturated carbocycles. The lowest BCUT2D eigenvalue weighted by atomic mass is 9.82. The highest BCUT2D eigenvalue weighted by molar-refractivity contribution is 7.15. The maximum absolute atomic E-state index is 5.71. The summed E-state index contributed by atoms with van der Waals surface area (Å²) in [4.78, 5) is 5.71. The van der Waals surface area contributed by atoms with Crippen LogP contribution in [-0.2, 0) is 9.47 Å². The molecule has 4 N–H and O–H groups in total. The standard InChI is InChI=1S/C15H22N6O2S/c1-22-9-3-4-12(23-2)10(7-9)13-11(8-18-20-14(16)17)21-5-6-24-15(21)19-13/h5-6,8-10,12H,3-4,7H2,1-2H3,(H4,16,17,20)/b18-8+. The highest BCUT2D eigenvalue weighted by atomic mass is 32.1. The van der Waals surface area contributed by atoms with E-state index in [0.29, 0.717) is 0 Å². The molecule has 3 unspecified atom stereocenters. The highest BCUT2D eigenvalue weighted by Gasteiger charge is 2.35. The van der Waals surface area contributed by atoms with Gasteiger partial charge in [-0.3, -0.25) is 4.40 Å². The summed E-state index contributed by atoms with van der Waals surface area (Å²) in [6.07, 6.45) is 6.72. The van der Waals surface area contributed by atoms with E-state index in [1.54, 1.807) is 31.8 Å². The number of guanidine groups is 1. The van der Waals surface area contributed by atoms with E-state index in [0.717, 1.165) is 35.6 Å². The summed E-state index contributed by atoms with van der Waals surface area (Å²) in [5.74, 6) is 0.0622. The Morgan fingerprint density at radius 2 is 2.21 bits per heavy atom. The number of hydrogen-bond donors (Lipinski definition) is 2. The number of rotatable bonds is 5. The van der Waals surface area contributed by atoms with Crippen LogP contribution in [0.15, 0.2) is 21.8 Å². The fourth-order valence-electron chi connectivity index (χ4n) is 3.26. The minimum Gasteiger partial charge on any atom is -0.381 e. The van der Waals surface area contributed by atoms with Gasteiger partial charge in [-0.15, -0.1) is 16.4 Å². The Morgan fingerprint density at radius 1 is 1.38 bits per heavy atom. The van der Waals surface area contributed by atoms with Gasteiger partial charge in [-0.2, -0.15) is 5.10 Å². The molecule has 1 fully saturated rings. The van der Waals surface area contributed by atoms with Crippen molar-refractivity contribution < 1.29 is 9.47 Å². The number of ether oxygens (including phenoxy) is 2. The summed E-state index contributed by atoms with van der Waals surface area (Å²) >= 11 is 1.57. The Labute approximate surface area is 144 Å². The largest absolute Gasteiger partial charge is 0.381 e. The molecular weight excluding hydrogens is 328 g/mol. The van der Waals surface area contributed by atoms with Crippen molar-refractivity contribution in [3.8, 4) is 0 Å². The summed E-state index contributed by atoms with van der Waals surface area (Å²) in [5, 5.41) is 9.65. The predicted octanol–water partition coefficient (Wildman–Crippen LogP) is 1.30. The van der Waals surface area contributed by atoms with Gasteiger partial charge in [0, 0.05) is 31.7 Å². The van der Waals surface area contributed by atoms with Crippen molar-refractivity contribution in [2.45, 2.75) is 37.4 Å². The Kier molecular flexibility index (Phi) is 5.12. The van der Waals surface area contributed by atoms with Crippen LogP contribution in [0.4, 0.5) is 0 Å². The second-order valence-electron chi connectivity index (χ2n) is 5.76. The number of hydrogen-bond acceptors (Lipinski definition) is 6. The summed E-state index contributed by atoms with van der Waals surface area (Å²) in [7, 11) is 3.50. The van der Waals surface area contributed by atoms with Gasteiger partial charge < -0.3 is 20.9 Å². The van der Waals surface area contributed by atoms with Crippen molar-refractivity contribution in [1.29, 1.82) is 0 Å². The number of imidazole rings is 1. The molecule has 0 saturated heterocycles. The molecule has 8 nitrogen and oxygen atoms in total. The highest BCUT2D eigenvalue weighted by Crippen LogP contribution is 2.37. The minimum absolute atomic E-state index is 0.0780. The molecule has 0 bridgehead atoms. The van der Waals surface area contributed by atoms with Crippen molar-refractivity contribution >= 4 is 28.5 Å². The lowest BCUT2D eigenvalue weighted by Gasteiger charge is -2.34. The zero-order chi connectivity index (χ0) is 17.1. The third-order valence-electron chi connectivity index (χ3n) is 4.41. The number of fused-ring (bicyclic) bond motifs is 1. The SMILES string of the molecule is COC1CCC(OC)C(c2nc3sccn3c2/C=N/N=C(N)N)C1. The fourth-order valence-corrected chi connectivity index (χ4v) is 3.99. The van der Waals surface area contributed by atoms with E-state index >= 15 is 0 Å². The second-order valence-corrected chi connectivity index (χ2v) is 6.63. The Hall–Kier alpha value is -1.97. The lowest BCUT2D eigenvalue weighted by molar-refractivity contribution is -0.0114. The van der Waals surface area contributed by atoms with Crippen molar-refractivity contribution in [3.63, 3.8) is 0 Å². The molecular formula is C15H22N6O2S. The second kappa shape index (κ2) is 7.29. The quantitative estimate of drug-likeness (QED) is 0.479. The minimum atomic E-state index is -0.0780. The third-order valence-corrected chi connectivity index (χ3v) is 5.16. The molecule has 0 spiro atoms. The van der Waals surface area contributed by atoms with Gasteiger partial charge in [0.05, 0.1) is 29.8 Å². The monoisotopic (exact) mass is 350 g/mol. The van der Waals surface area contributed by atoms with Crippen molar-refractivity contribution in [2.24, 2.45) is 21.7 Å². The van der Waals surface area contributed by atoms with Gasteiger partial charge in [0.2, 0.25) is 5.96 Å². The molecule has 24 heavy (non-hydrogen) atoms. The number of aromatic nitrogens is 2. The number of methoxy groups -OCH3 is 2. The van der Waals surface area contributed by atoms with E-state index in [1.165, 1.54) is 0 Å². The van der Waals surface area contributed by atoms with Gasteiger partial charge in [-0.1, -0.05) is 0 Å². The van der Waals surface area contributed by atoms with E-state index in [2.05, 4.69) is 10.2 Å². The van der Waals surface area contributed by atoms with Crippen molar-refractivity contribution in [3.05, 3.63) is 23.0 Å². The van der Waals surface area contributed by atoms with E-state index in [1.807, 2.05) is 16.0 Å². The molecule has 1 aliphatic rings. The summed E-state index contributed by atoms with van der Waals surface area (Å²) in [6, 6.07) is 0. The molecule has 3 atom stereocenters. The van der Waals surface area contributed by atoms with E-state index in [9.17, 15) is 0 Å². The van der Waals surface area contributed by atoms with Gasteiger partial charge in [-0.25, -0.2) is 4.98 Å². The van der Waals surface area contributed by atoms with Gasteiger partial charge >= 0.3 is 0 Å². The van der Waals surface area contributed by atoms with Gasteiger partial charge in [0.1, 0.15) is 0 Å². The molecule has 9 heteroatoms. The average Bonchev–Trinajstić information content (AvgIpc) is 3.16. The smallest absolute Gasteiger partial charge is 0.211 e. The lowest BCUT2D eigenvalue weighted by Crippen LogP contribution is -2.33. The van der Waals surface area contributed by atoms with Gasteiger partial charge in [-0.05, 0) is 19.3 Å². The van der Waals surface area contributed by atoms with E-state index in [4.69, 9.17) is 25.9 Å². The maximum Gasteiger partial charge on any atom is 0.211 e. The van der Waals surface area contributed by atoms with Crippen LogP contribution < -0.4 is 11.5 Å². The molecule has 2 aromatic heterocycles. The first-order valence-electron chi connectivity index (χ1n) is 7.77. The van der Waals surface area contributed by atoms with Crippen LogP contribution in [0.2, 0.25) is 0 Å². The van der Waals surface area contributed by atoms with Crippen LogP contribution in [0.1, 0.15) is 36.6 Å². The molecule has 0 amide bonds. The van der Waals surface area contributed by atoms with Crippen LogP contribution >= 0.6 is 11.3 Å². The van der Waals surface area contributed by atoms with E-state index in [-0.39, 0.29) is 24.1 Å². The predicted molar refractivity (Wildman–Crippen MR) is 94.7 cm³/mol. The summed E-state index contributed by atoms with van der Waals surface area (Å²) in [6.45, 7) is 0. The van der Waals surface area contributed by atoms with Crippen LogP contribution in [0.3, 0.4) is 0 Å². The number of thiazole rings is 1. The Balaban J connectivity index is 2.02. The fraction of sp³-hybridized carbons (Fsp3) is 0.533. The molecule has 2 aromatic rings. The summed E-state index contributed by atoms with van der Waals surface area (Å²) < 4.78 is 13.3. The van der Waals surface area contributed by atoms with Crippen molar-refractivity contribution in [1.82, 2.24) is 9.38 Å². The van der Waals surface area contributed by atoms with Crippen LogP contribution in [0.5, 0.6) is 0 Å². The average molecular weight is 350 g/mol. The first kappa shape index (κ1) is 16.9. The maximum atomic E-state index is 5.71. The molecule has 0 radical (unpaired) electrons. The molecule has 3 rings (SSSR count). The van der Waals surface area contributed by atoms with Crippen LogP contribution in [0, 0.1) is 0 Å². The molecule has 0 aromatic carbocycles. The molecule has 130 valence electrons. The Morgan fingerprint density at radius 3 is 2.92 bits per heavy atom. The van der Waals surface area contributed by atoms with E-state index < -0.39 is 0 Å². The zero-order valence-electron chi connectivity index (χ0n) is 13.8. The number of nitrogens with zero attached hydrogens (tertiary/aromatic N) is 4. The normalized spacial score (nSPS) is 24.7. The van der Waals surface area contributed by atoms with Gasteiger partial charge in [0.15, 0.2) is 4.96 Å². The molecule has 2 heterocycles. The van der Waals surface area contributed by atoms with Gasteiger partial charge in [0.25, 0.3) is 0 Å². The zero-order valence-corrected chi connectivity index (χ0v) is 14.6.